The number of aromatic nitrogens is 3. The van der Waals surface area contributed by atoms with Gasteiger partial charge in [-0.3, -0.25) is 4.79 Å². The lowest BCUT2D eigenvalue weighted by molar-refractivity contribution is -0.124. The predicted molar refractivity (Wildman–Crippen MR) is 63.0 cm³/mol. The van der Waals surface area contributed by atoms with E-state index in [4.69, 9.17) is 0 Å². The second-order valence-corrected chi connectivity index (χ2v) is 4.59. The number of fused-ring (bicyclic) bond motifs is 1. The number of nitrogens with zero attached hydrogens (tertiary/aromatic N) is 3. The van der Waals surface area contributed by atoms with Crippen molar-refractivity contribution in [2.24, 2.45) is 5.92 Å². The quantitative estimate of drug-likeness (QED) is 0.779. The van der Waals surface area contributed by atoms with Crippen molar-refractivity contribution in [1.29, 1.82) is 0 Å². The fourth-order valence-electron chi connectivity index (χ4n) is 1.82. The van der Waals surface area contributed by atoms with Crippen LogP contribution in [0.25, 0.3) is 0 Å². The average Bonchev–Trinajstić information content (AvgIpc) is 2.54. The minimum absolute atomic E-state index is 0.00296. The maximum Gasteiger partial charge on any atom is 0.222 e. The van der Waals surface area contributed by atoms with Gasteiger partial charge in [0.15, 0.2) is 5.82 Å². The van der Waals surface area contributed by atoms with Crippen molar-refractivity contribution in [3.05, 3.63) is 11.6 Å². The van der Waals surface area contributed by atoms with Crippen LogP contribution in [0.15, 0.2) is 0 Å². The summed E-state index contributed by atoms with van der Waals surface area (Å²) in [5.41, 5.74) is 0. The Morgan fingerprint density at radius 2 is 2.35 bits per heavy atom. The highest BCUT2D eigenvalue weighted by Gasteiger charge is 2.15. The Labute approximate surface area is 101 Å². The molecule has 1 amide bonds. The minimum atomic E-state index is 0.00296. The first-order valence-electron chi connectivity index (χ1n) is 6.08. The van der Waals surface area contributed by atoms with Gasteiger partial charge >= 0.3 is 0 Å². The molecule has 94 valence electrons. The Morgan fingerprint density at radius 1 is 1.53 bits per heavy atom. The van der Waals surface area contributed by atoms with Gasteiger partial charge in [-0.15, -0.1) is 10.2 Å². The second-order valence-electron chi connectivity index (χ2n) is 4.59. The molecular weight excluding hydrogens is 218 g/mol. The molecule has 0 atom stereocenters. The number of amides is 1. The zero-order chi connectivity index (χ0) is 12.3. The van der Waals surface area contributed by atoms with Crippen LogP contribution < -0.4 is 10.6 Å². The lowest BCUT2D eigenvalue weighted by Gasteiger charge is -2.09. The average molecular weight is 237 g/mol. The molecule has 0 aromatic carbocycles. The molecule has 0 radical (unpaired) electrons. The standard InChI is InChI=1S/C11H19N5O/c1-8(2)11(17)13-7-10-15-14-9-6-12-4-3-5-16(9)10/h8,12H,3-7H2,1-2H3,(H,13,17). The van der Waals surface area contributed by atoms with E-state index in [2.05, 4.69) is 25.4 Å². The molecule has 0 saturated heterocycles. The van der Waals surface area contributed by atoms with Crippen LogP contribution in [0.2, 0.25) is 0 Å². The molecule has 0 bridgehead atoms. The van der Waals surface area contributed by atoms with E-state index < -0.39 is 0 Å². The van der Waals surface area contributed by atoms with E-state index in [0.29, 0.717) is 6.54 Å². The summed E-state index contributed by atoms with van der Waals surface area (Å²) < 4.78 is 2.10. The van der Waals surface area contributed by atoms with Crippen LogP contribution in [0.4, 0.5) is 0 Å². The molecule has 2 N–H and O–H groups in total. The smallest absolute Gasteiger partial charge is 0.222 e. The largest absolute Gasteiger partial charge is 0.349 e. The van der Waals surface area contributed by atoms with E-state index >= 15 is 0 Å². The third-order valence-electron chi connectivity index (χ3n) is 2.87. The summed E-state index contributed by atoms with van der Waals surface area (Å²) in [6.07, 6.45) is 1.07. The van der Waals surface area contributed by atoms with Gasteiger partial charge in [0.05, 0.1) is 13.1 Å². The molecule has 6 nitrogen and oxygen atoms in total. The zero-order valence-corrected chi connectivity index (χ0v) is 10.4. The molecule has 0 unspecified atom stereocenters. The van der Waals surface area contributed by atoms with E-state index in [1.165, 1.54) is 0 Å². The van der Waals surface area contributed by atoms with Crippen molar-refractivity contribution >= 4 is 5.91 Å². The normalized spacial score (nSPS) is 15.5. The zero-order valence-electron chi connectivity index (χ0n) is 10.4. The molecule has 0 spiro atoms. The van der Waals surface area contributed by atoms with Crippen LogP contribution in [0.5, 0.6) is 0 Å². The molecule has 1 aromatic rings. The van der Waals surface area contributed by atoms with E-state index in [1.54, 1.807) is 0 Å². The van der Waals surface area contributed by atoms with Crippen molar-refractivity contribution in [3.63, 3.8) is 0 Å². The molecule has 6 heteroatoms. The Bertz CT molecular complexity index is 399. The van der Waals surface area contributed by atoms with Crippen molar-refractivity contribution < 1.29 is 4.79 Å². The predicted octanol–water partition coefficient (Wildman–Crippen LogP) is 0.0436. The lowest BCUT2D eigenvalue weighted by Crippen LogP contribution is -2.28. The monoisotopic (exact) mass is 237 g/mol. The van der Waals surface area contributed by atoms with Crippen molar-refractivity contribution in [2.75, 3.05) is 6.54 Å². The van der Waals surface area contributed by atoms with Gasteiger partial charge in [-0.1, -0.05) is 13.8 Å². The topological polar surface area (TPSA) is 71.8 Å². The maximum absolute atomic E-state index is 11.5. The van der Waals surface area contributed by atoms with Gasteiger partial charge in [-0.2, -0.15) is 0 Å². The molecule has 1 aromatic heterocycles. The summed E-state index contributed by atoms with van der Waals surface area (Å²) in [4.78, 5) is 11.5. The van der Waals surface area contributed by atoms with Gasteiger partial charge in [0.25, 0.3) is 0 Å². The van der Waals surface area contributed by atoms with Crippen LogP contribution >= 0.6 is 0 Å². The number of rotatable bonds is 3. The lowest BCUT2D eigenvalue weighted by atomic mass is 10.2. The fourth-order valence-corrected chi connectivity index (χ4v) is 1.82. The molecule has 2 rings (SSSR count). The van der Waals surface area contributed by atoms with Gasteiger partial charge in [-0.05, 0) is 13.0 Å². The van der Waals surface area contributed by atoms with Crippen LogP contribution in [0, 0.1) is 5.92 Å². The molecule has 0 fully saturated rings. The number of carbonyl (C=O) groups excluding carboxylic acids is 1. The third kappa shape index (κ3) is 2.82. The number of hydrogen-bond acceptors (Lipinski definition) is 4. The van der Waals surface area contributed by atoms with Crippen LogP contribution in [-0.4, -0.2) is 27.2 Å². The summed E-state index contributed by atoms with van der Waals surface area (Å²) >= 11 is 0. The summed E-state index contributed by atoms with van der Waals surface area (Å²) in [7, 11) is 0. The molecular formula is C11H19N5O. The summed E-state index contributed by atoms with van der Waals surface area (Å²) in [5.74, 6) is 1.85. The molecule has 17 heavy (non-hydrogen) atoms. The molecule has 0 aliphatic carbocycles. The number of hydrogen-bond donors (Lipinski definition) is 2. The highest BCUT2D eigenvalue weighted by Crippen LogP contribution is 2.07. The highest BCUT2D eigenvalue weighted by atomic mass is 16.1. The first-order chi connectivity index (χ1) is 8.18. The van der Waals surface area contributed by atoms with Crippen LogP contribution in [0.1, 0.15) is 31.9 Å². The molecule has 2 heterocycles. The first-order valence-corrected chi connectivity index (χ1v) is 6.08. The summed E-state index contributed by atoms with van der Waals surface area (Å²) in [6.45, 7) is 6.89. The van der Waals surface area contributed by atoms with Gasteiger partial charge in [0.2, 0.25) is 5.91 Å². The SMILES string of the molecule is CC(C)C(=O)NCc1nnc2n1CCCNC2. The van der Waals surface area contributed by atoms with Crippen molar-refractivity contribution in [2.45, 2.75) is 39.9 Å². The molecule has 1 aliphatic heterocycles. The number of nitrogens with one attached hydrogen (secondary N) is 2. The first kappa shape index (κ1) is 12.0. The Hall–Kier alpha value is -1.43. The van der Waals surface area contributed by atoms with Crippen LogP contribution in [0.3, 0.4) is 0 Å². The third-order valence-corrected chi connectivity index (χ3v) is 2.87. The second kappa shape index (κ2) is 5.27. The Balaban J connectivity index is 2.02. The van der Waals surface area contributed by atoms with E-state index in [-0.39, 0.29) is 11.8 Å². The summed E-state index contributed by atoms with van der Waals surface area (Å²) in [5, 5.41) is 14.4. The highest BCUT2D eigenvalue weighted by molar-refractivity contribution is 5.77. The molecule has 0 saturated carbocycles. The van der Waals surface area contributed by atoms with Crippen molar-refractivity contribution in [3.8, 4) is 0 Å². The molecule has 1 aliphatic rings. The van der Waals surface area contributed by atoms with Crippen LogP contribution in [-0.2, 0) is 24.4 Å². The summed E-state index contributed by atoms with van der Waals surface area (Å²) in [6, 6.07) is 0. The fraction of sp³-hybridized carbons (Fsp3) is 0.727. The van der Waals surface area contributed by atoms with E-state index in [0.717, 1.165) is 37.7 Å². The van der Waals surface area contributed by atoms with Gasteiger partial charge < -0.3 is 15.2 Å². The van der Waals surface area contributed by atoms with Crippen molar-refractivity contribution in [1.82, 2.24) is 25.4 Å². The number of carbonyl (C=O) groups is 1. The maximum atomic E-state index is 11.5. The van der Waals surface area contributed by atoms with Gasteiger partial charge in [0, 0.05) is 12.5 Å². The minimum Gasteiger partial charge on any atom is -0.349 e. The Morgan fingerprint density at radius 3 is 3.12 bits per heavy atom. The van der Waals surface area contributed by atoms with E-state index in [9.17, 15) is 4.79 Å². The van der Waals surface area contributed by atoms with E-state index in [1.807, 2.05) is 13.8 Å². The Kier molecular flexibility index (Phi) is 3.73. The van der Waals surface area contributed by atoms with Gasteiger partial charge in [0.1, 0.15) is 5.82 Å². The van der Waals surface area contributed by atoms with Gasteiger partial charge in [-0.25, -0.2) is 0 Å².